The number of carbonyl (C=O) groups is 1. The molecule has 0 spiro atoms. The highest BCUT2D eigenvalue weighted by Crippen LogP contribution is 2.30. The Kier molecular flexibility index (Phi) is 5.21. The summed E-state index contributed by atoms with van der Waals surface area (Å²) < 4.78 is 63.7. The predicted octanol–water partition coefficient (Wildman–Crippen LogP) is 1.48. The van der Waals surface area contributed by atoms with Crippen LogP contribution in [0, 0.1) is 0 Å². The maximum absolute atomic E-state index is 12.5. The fourth-order valence-electron chi connectivity index (χ4n) is 2.45. The minimum absolute atomic E-state index is 0.0843. The van der Waals surface area contributed by atoms with Crippen LogP contribution in [0.5, 0.6) is 0 Å². The first-order valence-corrected chi connectivity index (χ1v) is 8.62. The van der Waals surface area contributed by atoms with Crippen LogP contribution in [-0.4, -0.2) is 60.9 Å². The van der Waals surface area contributed by atoms with Gasteiger partial charge in [-0.15, -0.1) is 0 Å². The van der Waals surface area contributed by atoms with E-state index in [0.29, 0.717) is 0 Å². The number of aliphatic carboxylic acids is 1. The molecule has 134 valence electrons. The maximum Gasteiger partial charge on any atom is 0.416 e. The van der Waals surface area contributed by atoms with E-state index in [1.807, 2.05) is 0 Å². The Labute approximate surface area is 137 Å². The highest BCUT2D eigenvalue weighted by Gasteiger charge is 2.33. The first-order chi connectivity index (χ1) is 11.0. The van der Waals surface area contributed by atoms with E-state index in [-0.39, 0.29) is 31.1 Å². The first kappa shape index (κ1) is 18.7. The van der Waals surface area contributed by atoms with Gasteiger partial charge in [0.05, 0.1) is 10.5 Å². The lowest BCUT2D eigenvalue weighted by Crippen LogP contribution is -2.53. The van der Waals surface area contributed by atoms with Crippen molar-refractivity contribution in [2.24, 2.45) is 0 Å². The quantitative estimate of drug-likeness (QED) is 0.874. The zero-order chi connectivity index (χ0) is 18.1. The van der Waals surface area contributed by atoms with Crippen LogP contribution in [0.15, 0.2) is 29.2 Å². The molecule has 1 atom stereocenters. The summed E-state index contributed by atoms with van der Waals surface area (Å²) in [6.45, 7) is 2.17. The molecule has 2 rings (SSSR count). The Balaban J connectivity index is 2.11. The van der Waals surface area contributed by atoms with E-state index in [0.717, 1.165) is 28.6 Å². The number of benzene rings is 1. The highest BCUT2D eigenvalue weighted by molar-refractivity contribution is 7.89. The van der Waals surface area contributed by atoms with E-state index in [2.05, 4.69) is 0 Å². The molecule has 0 amide bonds. The molecular weight excluding hydrogens is 349 g/mol. The van der Waals surface area contributed by atoms with Crippen LogP contribution in [0.25, 0.3) is 0 Å². The van der Waals surface area contributed by atoms with Crippen molar-refractivity contribution in [3.63, 3.8) is 0 Å². The van der Waals surface area contributed by atoms with E-state index < -0.39 is 33.8 Å². The van der Waals surface area contributed by atoms with Crippen molar-refractivity contribution in [3.8, 4) is 0 Å². The summed E-state index contributed by atoms with van der Waals surface area (Å²) in [4.78, 5) is 12.4. The van der Waals surface area contributed by atoms with Crippen LogP contribution < -0.4 is 0 Å². The van der Waals surface area contributed by atoms with E-state index >= 15 is 0 Å². The summed E-state index contributed by atoms with van der Waals surface area (Å²) >= 11 is 0. The number of hydrogen-bond acceptors (Lipinski definition) is 4. The maximum atomic E-state index is 12.5. The molecule has 1 aliphatic heterocycles. The molecule has 10 heteroatoms. The number of hydrogen-bond donors (Lipinski definition) is 1. The van der Waals surface area contributed by atoms with Crippen molar-refractivity contribution < 1.29 is 31.5 Å². The predicted molar refractivity (Wildman–Crippen MR) is 78.9 cm³/mol. The number of carboxylic acids is 1. The van der Waals surface area contributed by atoms with Crippen LogP contribution in [0.3, 0.4) is 0 Å². The van der Waals surface area contributed by atoms with Crippen LogP contribution in [-0.2, 0) is 21.0 Å². The smallest absolute Gasteiger partial charge is 0.416 e. The molecule has 1 aliphatic rings. The van der Waals surface area contributed by atoms with Gasteiger partial charge in [-0.3, -0.25) is 9.69 Å². The molecular formula is C14H17F3N2O4S. The Morgan fingerprint density at radius 3 is 2.04 bits per heavy atom. The molecule has 0 saturated carbocycles. The molecule has 0 bridgehead atoms. The van der Waals surface area contributed by atoms with E-state index in [9.17, 15) is 26.4 Å². The Hall–Kier alpha value is -1.65. The normalized spacial score (nSPS) is 19.2. The van der Waals surface area contributed by atoms with Gasteiger partial charge in [0.25, 0.3) is 0 Å². The van der Waals surface area contributed by atoms with Gasteiger partial charge < -0.3 is 5.11 Å². The van der Waals surface area contributed by atoms with Gasteiger partial charge in [-0.05, 0) is 31.2 Å². The number of nitrogens with zero attached hydrogens (tertiary/aromatic N) is 2. The fraction of sp³-hybridized carbons (Fsp3) is 0.500. The Bertz CT molecular complexity index is 696. The highest BCUT2D eigenvalue weighted by atomic mass is 32.2. The molecule has 24 heavy (non-hydrogen) atoms. The summed E-state index contributed by atoms with van der Waals surface area (Å²) in [5.74, 6) is -0.992. The number of rotatable bonds is 4. The third kappa shape index (κ3) is 3.87. The fourth-order valence-corrected chi connectivity index (χ4v) is 3.87. The molecule has 1 aromatic rings. The molecule has 0 unspecified atom stereocenters. The van der Waals surface area contributed by atoms with Crippen LogP contribution in [0.4, 0.5) is 13.2 Å². The topological polar surface area (TPSA) is 77.9 Å². The van der Waals surface area contributed by atoms with Gasteiger partial charge in [0.2, 0.25) is 10.0 Å². The molecule has 1 aromatic carbocycles. The lowest BCUT2D eigenvalue weighted by Gasteiger charge is -2.35. The van der Waals surface area contributed by atoms with Crippen molar-refractivity contribution in [1.29, 1.82) is 0 Å². The number of carboxylic acid groups (broad SMARTS) is 1. The van der Waals surface area contributed by atoms with Gasteiger partial charge in [0, 0.05) is 26.2 Å². The van der Waals surface area contributed by atoms with Gasteiger partial charge in [-0.1, -0.05) is 0 Å². The third-order valence-corrected chi connectivity index (χ3v) is 5.91. The Morgan fingerprint density at radius 2 is 1.62 bits per heavy atom. The minimum Gasteiger partial charge on any atom is -0.480 e. The van der Waals surface area contributed by atoms with Crippen molar-refractivity contribution in [2.45, 2.75) is 24.0 Å². The van der Waals surface area contributed by atoms with Crippen LogP contribution in [0.1, 0.15) is 12.5 Å². The summed E-state index contributed by atoms with van der Waals surface area (Å²) in [6, 6.07) is 2.61. The molecule has 0 aliphatic carbocycles. The second kappa shape index (κ2) is 6.69. The number of alkyl halides is 3. The lowest BCUT2D eigenvalue weighted by molar-refractivity contribution is -0.143. The Morgan fingerprint density at radius 1 is 1.12 bits per heavy atom. The summed E-state index contributed by atoms with van der Waals surface area (Å²) in [5, 5.41) is 8.96. The third-order valence-electron chi connectivity index (χ3n) is 4.00. The summed E-state index contributed by atoms with van der Waals surface area (Å²) in [7, 11) is -3.90. The van der Waals surface area contributed by atoms with Crippen molar-refractivity contribution in [1.82, 2.24) is 9.21 Å². The van der Waals surface area contributed by atoms with E-state index in [1.165, 1.54) is 6.92 Å². The summed E-state index contributed by atoms with van der Waals surface area (Å²) in [6.07, 6.45) is -4.53. The summed E-state index contributed by atoms with van der Waals surface area (Å²) in [5.41, 5.74) is -0.915. The van der Waals surface area contributed by atoms with Crippen molar-refractivity contribution in [2.75, 3.05) is 26.2 Å². The van der Waals surface area contributed by atoms with Crippen LogP contribution in [0.2, 0.25) is 0 Å². The van der Waals surface area contributed by atoms with Gasteiger partial charge >= 0.3 is 12.1 Å². The number of piperazine rings is 1. The molecule has 0 aromatic heterocycles. The SMILES string of the molecule is C[C@H](C(=O)O)N1CCN(S(=O)(=O)c2ccc(C(F)(F)F)cc2)CC1. The zero-order valence-corrected chi connectivity index (χ0v) is 13.6. The minimum atomic E-state index is -4.53. The van der Waals surface area contributed by atoms with Crippen molar-refractivity contribution >= 4 is 16.0 Å². The molecule has 1 N–H and O–H groups in total. The molecule has 0 radical (unpaired) electrons. The first-order valence-electron chi connectivity index (χ1n) is 7.18. The molecule has 6 nitrogen and oxygen atoms in total. The second-order valence-corrected chi connectivity index (χ2v) is 7.41. The molecule has 1 fully saturated rings. The average Bonchev–Trinajstić information content (AvgIpc) is 2.53. The lowest BCUT2D eigenvalue weighted by atomic mass is 10.2. The van der Waals surface area contributed by atoms with Gasteiger partial charge in [-0.2, -0.15) is 17.5 Å². The number of halogens is 3. The van der Waals surface area contributed by atoms with Crippen LogP contribution >= 0.6 is 0 Å². The zero-order valence-electron chi connectivity index (χ0n) is 12.8. The molecule has 1 heterocycles. The van der Waals surface area contributed by atoms with Gasteiger partial charge in [0.1, 0.15) is 6.04 Å². The average molecular weight is 366 g/mol. The largest absolute Gasteiger partial charge is 0.480 e. The monoisotopic (exact) mass is 366 g/mol. The second-order valence-electron chi connectivity index (χ2n) is 5.48. The van der Waals surface area contributed by atoms with Gasteiger partial charge in [0.15, 0.2) is 0 Å². The van der Waals surface area contributed by atoms with E-state index in [4.69, 9.17) is 5.11 Å². The molecule has 1 saturated heterocycles. The van der Waals surface area contributed by atoms with Crippen molar-refractivity contribution in [3.05, 3.63) is 29.8 Å². The number of sulfonamides is 1. The van der Waals surface area contributed by atoms with Gasteiger partial charge in [-0.25, -0.2) is 8.42 Å². The van der Waals surface area contributed by atoms with E-state index in [1.54, 1.807) is 4.90 Å². The standard InChI is InChI=1S/C14H17F3N2O4S/c1-10(13(20)21)18-6-8-19(9-7-18)24(22,23)12-4-2-11(3-5-12)14(15,16)17/h2-5,10H,6-9H2,1H3,(H,20,21)/t10-/m1/s1.